The number of thioether (sulfide) groups is 1. The summed E-state index contributed by atoms with van der Waals surface area (Å²) in [5.74, 6) is 0.297. The summed E-state index contributed by atoms with van der Waals surface area (Å²) in [5, 5.41) is 0.597. The number of para-hydroxylation sites is 1. The fourth-order valence-corrected chi connectivity index (χ4v) is 4.07. The summed E-state index contributed by atoms with van der Waals surface area (Å²) >= 11 is 1.47. The Morgan fingerprint density at radius 2 is 1.93 bits per heavy atom. The third kappa shape index (κ3) is 4.65. The molecule has 1 fully saturated rings. The molecule has 3 aromatic rings. The molecule has 4 rings (SSSR count). The van der Waals surface area contributed by atoms with E-state index in [9.17, 15) is 17.6 Å². The zero-order valence-corrected chi connectivity index (χ0v) is 16.6. The number of H-pyrrole nitrogens is 1. The van der Waals surface area contributed by atoms with E-state index < -0.39 is 12.5 Å². The van der Waals surface area contributed by atoms with E-state index in [-0.39, 0.29) is 5.75 Å². The van der Waals surface area contributed by atoms with Crippen LogP contribution < -0.4 is 9.64 Å². The minimum atomic E-state index is -4.55. The number of morpholine rings is 1. The van der Waals surface area contributed by atoms with Gasteiger partial charge in [0.25, 0.3) is 0 Å². The van der Waals surface area contributed by atoms with Gasteiger partial charge in [-0.15, -0.1) is 0 Å². The van der Waals surface area contributed by atoms with Gasteiger partial charge in [0.15, 0.2) is 5.16 Å². The lowest BCUT2D eigenvalue weighted by molar-refractivity contribution is -0.253. The van der Waals surface area contributed by atoms with E-state index in [2.05, 4.69) is 31.7 Å². The zero-order valence-electron chi connectivity index (χ0n) is 15.8. The summed E-state index contributed by atoms with van der Waals surface area (Å²) in [6, 6.07) is 12.0. The Morgan fingerprint density at radius 3 is 2.70 bits per heavy atom. The third-order valence-corrected chi connectivity index (χ3v) is 5.57. The molecule has 0 spiro atoms. The highest BCUT2D eigenvalue weighted by atomic mass is 32.2. The molecule has 2 aromatic carbocycles. The first-order chi connectivity index (χ1) is 14.4. The average Bonchev–Trinajstić information content (AvgIpc) is 3.15. The lowest BCUT2D eigenvalue weighted by Gasteiger charge is -2.30. The maximum absolute atomic E-state index is 13.1. The number of imidazole rings is 1. The fraction of sp³-hybridized carbons (Fsp3) is 0.350. The molecule has 2 heterocycles. The molecule has 0 unspecified atom stereocenters. The van der Waals surface area contributed by atoms with Crippen LogP contribution >= 0.6 is 11.8 Å². The first-order valence-corrected chi connectivity index (χ1v) is 10.3. The Bertz CT molecular complexity index is 1010. The van der Waals surface area contributed by atoms with Gasteiger partial charge in [0.1, 0.15) is 5.75 Å². The highest BCUT2D eigenvalue weighted by molar-refractivity contribution is 7.98. The van der Waals surface area contributed by atoms with Gasteiger partial charge >= 0.3 is 12.5 Å². The van der Waals surface area contributed by atoms with Gasteiger partial charge in [0.05, 0.1) is 24.2 Å². The number of nitrogens with zero attached hydrogens (tertiary/aromatic N) is 2. The van der Waals surface area contributed by atoms with Gasteiger partial charge in [-0.05, 0) is 23.8 Å². The normalized spacial score (nSPS) is 15.2. The molecule has 5 nitrogen and oxygen atoms in total. The number of ether oxygens (including phenoxy) is 2. The van der Waals surface area contributed by atoms with Crippen LogP contribution in [0.5, 0.6) is 5.75 Å². The summed E-state index contributed by atoms with van der Waals surface area (Å²) in [6.07, 6.45) is -8.46. The quantitative estimate of drug-likeness (QED) is 0.416. The van der Waals surface area contributed by atoms with Gasteiger partial charge < -0.3 is 19.4 Å². The van der Waals surface area contributed by atoms with E-state index in [4.69, 9.17) is 4.74 Å². The fourth-order valence-electron chi connectivity index (χ4n) is 3.19. The van der Waals surface area contributed by atoms with Gasteiger partial charge in [0, 0.05) is 30.6 Å². The van der Waals surface area contributed by atoms with Crippen LogP contribution in [0.3, 0.4) is 0 Å². The van der Waals surface area contributed by atoms with Crippen LogP contribution in [-0.2, 0) is 10.5 Å². The zero-order chi connectivity index (χ0) is 21.1. The first kappa shape index (κ1) is 20.8. The van der Waals surface area contributed by atoms with Crippen molar-refractivity contribution in [2.24, 2.45) is 0 Å². The predicted octanol–water partition coefficient (Wildman–Crippen LogP) is 4.93. The molecule has 1 aliphatic heterocycles. The molecule has 0 atom stereocenters. The van der Waals surface area contributed by atoms with Crippen LogP contribution in [0.25, 0.3) is 11.0 Å². The third-order valence-electron chi connectivity index (χ3n) is 4.65. The lowest BCUT2D eigenvalue weighted by atomic mass is 10.1. The number of benzene rings is 2. The highest BCUT2D eigenvalue weighted by Crippen LogP contribution is 2.32. The minimum absolute atomic E-state index is 0.356. The Hall–Kier alpha value is -2.46. The Kier molecular flexibility index (Phi) is 6.05. The van der Waals surface area contributed by atoms with Crippen molar-refractivity contribution in [3.05, 3.63) is 48.0 Å². The summed E-state index contributed by atoms with van der Waals surface area (Å²) in [6.45, 7) is 3.05. The number of halogens is 4. The number of aromatic amines is 1. The molecule has 160 valence electrons. The van der Waals surface area contributed by atoms with Crippen molar-refractivity contribution < 1.29 is 27.0 Å². The van der Waals surface area contributed by atoms with Crippen LogP contribution in [0.1, 0.15) is 5.56 Å². The largest absolute Gasteiger partial charge is 0.461 e. The van der Waals surface area contributed by atoms with E-state index in [0.29, 0.717) is 35.2 Å². The van der Waals surface area contributed by atoms with Gasteiger partial charge in [0.2, 0.25) is 0 Å². The lowest BCUT2D eigenvalue weighted by Crippen LogP contribution is -2.36. The van der Waals surface area contributed by atoms with Gasteiger partial charge in [-0.1, -0.05) is 30.0 Å². The van der Waals surface area contributed by atoms with Crippen molar-refractivity contribution in [2.45, 2.75) is 23.4 Å². The Labute approximate surface area is 174 Å². The second kappa shape index (κ2) is 8.73. The summed E-state index contributed by atoms with van der Waals surface area (Å²) in [5.41, 5.74) is 3.26. The summed E-state index contributed by atoms with van der Waals surface area (Å²) in [7, 11) is 0. The van der Waals surface area contributed by atoms with Crippen LogP contribution in [0.2, 0.25) is 0 Å². The SMILES string of the molecule is FC(F)C(F)(F)Oc1ccc2nc(SCc3ccccc3N3CCOCC3)[nH]c2c1. The predicted molar refractivity (Wildman–Crippen MR) is 107 cm³/mol. The van der Waals surface area contributed by atoms with E-state index in [1.165, 1.54) is 30.0 Å². The van der Waals surface area contributed by atoms with Crippen LogP contribution in [-0.4, -0.2) is 48.8 Å². The molecule has 1 aromatic heterocycles. The molecular formula is C20H19F4N3O2S. The van der Waals surface area contributed by atoms with Crippen molar-refractivity contribution in [1.82, 2.24) is 9.97 Å². The van der Waals surface area contributed by atoms with Crippen LogP contribution in [0.15, 0.2) is 47.6 Å². The van der Waals surface area contributed by atoms with Gasteiger partial charge in [-0.2, -0.15) is 17.6 Å². The van der Waals surface area contributed by atoms with Crippen molar-refractivity contribution in [3.63, 3.8) is 0 Å². The molecular weight excluding hydrogens is 422 g/mol. The summed E-state index contributed by atoms with van der Waals surface area (Å²) < 4.78 is 60.5. The second-order valence-corrected chi connectivity index (χ2v) is 7.67. The maximum atomic E-state index is 13.1. The number of aromatic nitrogens is 2. The molecule has 0 aliphatic carbocycles. The van der Waals surface area contributed by atoms with Crippen LogP contribution in [0.4, 0.5) is 23.2 Å². The number of anilines is 1. The smallest absolute Gasteiger partial charge is 0.428 e. The Balaban J connectivity index is 1.47. The molecule has 30 heavy (non-hydrogen) atoms. The van der Waals surface area contributed by atoms with Gasteiger partial charge in [-0.25, -0.2) is 4.98 Å². The molecule has 0 saturated carbocycles. The van der Waals surface area contributed by atoms with Gasteiger partial charge in [-0.3, -0.25) is 0 Å². The highest BCUT2D eigenvalue weighted by Gasteiger charge is 2.44. The number of nitrogens with one attached hydrogen (secondary N) is 1. The molecule has 0 bridgehead atoms. The number of hydrogen-bond acceptors (Lipinski definition) is 5. The monoisotopic (exact) mass is 441 g/mol. The average molecular weight is 441 g/mol. The van der Waals surface area contributed by atoms with E-state index in [0.717, 1.165) is 24.3 Å². The van der Waals surface area contributed by atoms with E-state index in [1.807, 2.05) is 12.1 Å². The molecule has 10 heteroatoms. The Morgan fingerprint density at radius 1 is 1.17 bits per heavy atom. The number of alkyl halides is 4. The topological polar surface area (TPSA) is 50.4 Å². The van der Waals surface area contributed by atoms with Crippen molar-refractivity contribution in [3.8, 4) is 5.75 Å². The van der Waals surface area contributed by atoms with Crippen molar-refractivity contribution in [2.75, 3.05) is 31.2 Å². The number of rotatable bonds is 7. The second-order valence-electron chi connectivity index (χ2n) is 6.70. The molecule has 0 amide bonds. The van der Waals surface area contributed by atoms with Crippen molar-refractivity contribution >= 4 is 28.5 Å². The molecule has 0 radical (unpaired) electrons. The van der Waals surface area contributed by atoms with E-state index >= 15 is 0 Å². The molecule has 1 N–H and O–H groups in total. The standard InChI is InChI=1S/C20H19F4N3O2S/c21-18(22)20(23,24)29-14-5-6-15-16(11-14)26-19(25-15)30-12-13-3-1-2-4-17(13)27-7-9-28-10-8-27/h1-6,11,18H,7-10,12H2,(H,25,26). The van der Waals surface area contributed by atoms with Crippen molar-refractivity contribution in [1.29, 1.82) is 0 Å². The van der Waals surface area contributed by atoms with E-state index in [1.54, 1.807) is 0 Å². The molecule has 1 saturated heterocycles. The molecule has 1 aliphatic rings. The first-order valence-electron chi connectivity index (χ1n) is 9.30. The number of fused-ring (bicyclic) bond motifs is 1. The maximum Gasteiger partial charge on any atom is 0.461 e. The minimum Gasteiger partial charge on any atom is -0.428 e. The summed E-state index contributed by atoms with van der Waals surface area (Å²) in [4.78, 5) is 9.73. The van der Waals surface area contributed by atoms with Crippen LogP contribution in [0, 0.1) is 0 Å². The number of hydrogen-bond donors (Lipinski definition) is 1.